The Bertz CT molecular complexity index is 637. The van der Waals surface area contributed by atoms with Gasteiger partial charge in [0.2, 0.25) is 0 Å². The third-order valence-electron chi connectivity index (χ3n) is 2.49. The van der Waals surface area contributed by atoms with Crippen LogP contribution in [0.2, 0.25) is 0 Å². The summed E-state index contributed by atoms with van der Waals surface area (Å²) < 4.78 is 51.8. The number of hydrogen-bond donors (Lipinski definition) is 0. The number of nitriles is 1. The molecule has 0 N–H and O–H groups in total. The van der Waals surface area contributed by atoms with Crippen LogP contribution in [-0.4, -0.2) is 9.78 Å². The van der Waals surface area contributed by atoms with Gasteiger partial charge in [-0.15, -0.1) is 0 Å². The van der Waals surface area contributed by atoms with Crippen molar-refractivity contribution in [2.75, 3.05) is 0 Å². The van der Waals surface area contributed by atoms with Crippen LogP contribution in [0.15, 0.2) is 30.6 Å². The molecule has 7 heteroatoms. The number of benzene rings is 1. The Kier molecular flexibility index (Phi) is 3.25. The maximum atomic E-state index is 13.7. The van der Waals surface area contributed by atoms with Gasteiger partial charge in [-0.05, 0) is 6.07 Å². The average Bonchev–Trinajstić information content (AvgIpc) is 2.80. The highest BCUT2D eigenvalue weighted by molar-refractivity contribution is 5.35. The molecule has 2 rings (SSSR count). The van der Waals surface area contributed by atoms with Crippen molar-refractivity contribution >= 4 is 0 Å². The number of rotatable bonds is 2. The van der Waals surface area contributed by atoms with Crippen molar-refractivity contribution in [3.8, 4) is 6.07 Å². The second kappa shape index (κ2) is 4.72. The second-order valence-corrected chi connectivity index (χ2v) is 3.81. The maximum absolute atomic E-state index is 13.7. The molecule has 0 amide bonds. The largest absolute Gasteiger partial charge is 0.419 e. The number of alkyl halides is 3. The standard InChI is InChI=1S/C12H7F4N3/c13-11-8(4-17)2-1-3-9(11)6-19-7-10(5-18-19)12(14,15)16/h1-3,5,7H,6H2. The molecule has 98 valence electrons. The fourth-order valence-electron chi connectivity index (χ4n) is 1.56. The second-order valence-electron chi connectivity index (χ2n) is 3.81. The van der Waals surface area contributed by atoms with Gasteiger partial charge in [0, 0.05) is 11.8 Å². The highest BCUT2D eigenvalue weighted by atomic mass is 19.4. The molecule has 0 saturated carbocycles. The Morgan fingerprint density at radius 3 is 2.63 bits per heavy atom. The van der Waals surface area contributed by atoms with E-state index in [1.807, 2.05) is 0 Å². The lowest BCUT2D eigenvalue weighted by Gasteiger charge is -2.05. The lowest BCUT2D eigenvalue weighted by Crippen LogP contribution is -2.05. The van der Waals surface area contributed by atoms with Crippen LogP contribution in [0.25, 0.3) is 0 Å². The molecule has 0 aliphatic rings. The minimum atomic E-state index is -4.48. The van der Waals surface area contributed by atoms with Crippen LogP contribution in [0.5, 0.6) is 0 Å². The van der Waals surface area contributed by atoms with Gasteiger partial charge in [0.05, 0.1) is 23.9 Å². The van der Waals surface area contributed by atoms with Crippen molar-refractivity contribution in [3.05, 3.63) is 53.1 Å². The molecular weight excluding hydrogens is 262 g/mol. The summed E-state index contributed by atoms with van der Waals surface area (Å²) in [6, 6.07) is 5.82. The van der Waals surface area contributed by atoms with E-state index < -0.39 is 17.6 Å². The van der Waals surface area contributed by atoms with E-state index >= 15 is 0 Å². The molecule has 0 aliphatic heterocycles. The van der Waals surface area contributed by atoms with Crippen LogP contribution >= 0.6 is 0 Å². The number of hydrogen-bond acceptors (Lipinski definition) is 2. The minimum absolute atomic E-state index is 0.107. The molecule has 1 aromatic carbocycles. The summed E-state index contributed by atoms with van der Waals surface area (Å²) in [4.78, 5) is 0. The molecule has 0 aliphatic carbocycles. The first-order valence-electron chi connectivity index (χ1n) is 5.19. The molecule has 0 unspecified atom stereocenters. The quantitative estimate of drug-likeness (QED) is 0.786. The van der Waals surface area contributed by atoms with Crippen LogP contribution in [0.1, 0.15) is 16.7 Å². The van der Waals surface area contributed by atoms with Gasteiger partial charge < -0.3 is 0 Å². The maximum Gasteiger partial charge on any atom is 0.419 e. The van der Waals surface area contributed by atoms with Gasteiger partial charge in [0.1, 0.15) is 11.9 Å². The van der Waals surface area contributed by atoms with Crippen molar-refractivity contribution < 1.29 is 17.6 Å². The third-order valence-corrected chi connectivity index (χ3v) is 2.49. The Balaban J connectivity index is 2.28. The van der Waals surface area contributed by atoms with Gasteiger partial charge in [-0.1, -0.05) is 12.1 Å². The average molecular weight is 269 g/mol. The van der Waals surface area contributed by atoms with E-state index in [0.717, 1.165) is 10.9 Å². The summed E-state index contributed by atoms with van der Waals surface area (Å²) in [6.45, 7) is -0.169. The summed E-state index contributed by atoms with van der Waals surface area (Å²) >= 11 is 0. The van der Waals surface area contributed by atoms with Crippen molar-refractivity contribution in [1.29, 1.82) is 5.26 Å². The van der Waals surface area contributed by atoms with E-state index in [4.69, 9.17) is 5.26 Å². The van der Waals surface area contributed by atoms with E-state index in [0.29, 0.717) is 6.20 Å². The Labute approximate surface area is 105 Å². The molecule has 0 saturated heterocycles. The van der Waals surface area contributed by atoms with Crippen LogP contribution < -0.4 is 0 Å². The molecule has 0 atom stereocenters. The first-order valence-corrected chi connectivity index (χ1v) is 5.19. The van der Waals surface area contributed by atoms with E-state index in [1.54, 1.807) is 6.07 Å². The fourth-order valence-corrected chi connectivity index (χ4v) is 1.56. The molecule has 2 aromatic rings. The van der Waals surface area contributed by atoms with Gasteiger partial charge in [0.25, 0.3) is 0 Å². The summed E-state index contributed by atoms with van der Waals surface area (Å²) in [6.07, 6.45) is -3.02. The van der Waals surface area contributed by atoms with Gasteiger partial charge in [-0.2, -0.15) is 23.5 Å². The van der Waals surface area contributed by atoms with Crippen molar-refractivity contribution in [2.45, 2.75) is 12.7 Å². The third kappa shape index (κ3) is 2.73. The summed E-state index contributed by atoms with van der Waals surface area (Å²) in [5.74, 6) is -0.742. The number of nitrogens with zero attached hydrogens (tertiary/aromatic N) is 3. The van der Waals surface area contributed by atoms with Gasteiger partial charge in [0.15, 0.2) is 0 Å². The van der Waals surface area contributed by atoms with E-state index in [-0.39, 0.29) is 17.7 Å². The lowest BCUT2D eigenvalue weighted by molar-refractivity contribution is -0.137. The van der Waals surface area contributed by atoms with Crippen LogP contribution in [0.3, 0.4) is 0 Å². The topological polar surface area (TPSA) is 41.6 Å². The van der Waals surface area contributed by atoms with E-state index in [9.17, 15) is 17.6 Å². The lowest BCUT2D eigenvalue weighted by atomic mass is 10.1. The Hall–Kier alpha value is -2.36. The molecular formula is C12H7F4N3. The molecule has 0 bridgehead atoms. The molecule has 19 heavy (non-hydrogen) atoms. The molecule has 0 radical (unpaired) electrons. The highest BCUT2D eigenvalue weighted by Crippen LogP contribution is 2.28. The van der Waals surface area contributed by atoms with Crippen molar-refractivity contribution in [1.82, 2.24) is 9.78 Å². The number of halogens is 4. The van der Waals surface area contributed by atoms with Crippen LogP contribution in [0, 0.1) is 17.1 Å². The van der Waals surface area contributed by atoms with Crippen LogP contribution in [-0.2, 0) is 12.7 Å². The number of aromatic nitrogens is 2. The predicted molar refractivity (Wildman–Crippen MR) is 57.4 cm³/mol. The smallest absolute Gasteiger partial charge is 0.268 e. The van der Waals surface area contributed by atoms with Crippen molar-refractivity contribution in [2.24, 2.45) is 0 Å². The zero-order valence-corrected chi connectivity index (χ0v) is 9.45. The van der Waals surface area contributed by atoms with Gasteiger partial charge in [-0.25, -0.2) is 4.39 Å². The SMILES string of the molecule is N#Cc1cccc(Cn2cc(C(F)(F)F)cn2)c1F. The predicted octanol–water partition coefficient (Wildman–Crippen LogP) is 2.96. The first kappa shape index (κ1) is 13.1. The summed E-state index contributed by atoms with van der Waals surface area (Å²) in [5, 5.41) is 12.2. The highest BCUT2D eigenvalue weighted by Gasteiger charge is 2.32. The monoisotopic (exact) mass is 269 g/mol. The van der Waals surface area contributed by atoms with E-state index in [2.05, 4.69) is 5.10 Å². The summed E-state index contributed by atoms with van der Waals surface area (Å²) in [7, 11) is 0. The summed E-state index contributed by atoms with van der Waals surface area (Å²) in [5.41, 5.74) is -0.944. The molecule has 0 fully saturated rings. The van der Waals surface area contributed by atoms with E-state index in [1.165, 1.54) is 18.2 Å². The molecule has 3 nitrogen and oxygen atoms in total. The first-order chi connectivity index (χ1) is 8.91. The molecule has 1 aromatic heterocycles. The zero-order chi connectivity index (χ0) is 14.0. The van der Waals surface area contributed by atoms with Crippen molar-refractivity contribution in [3.63, 3.8) is 0 Å². The zero-order valence-electron chi connectivity index (χ0n) is 9.45. The minimum Gasteiger partial charge on any atom is -0.268 e. The normalized spacial score (nSPS) is 11.3. The van der Waals surface area contributed by atoms with Gasteiger partial charge >= 0.3 is 6.18 Å². The molecule has 1 heterocycles. The Morgan fingerprint density at radius 2 is 2.05 bits per heavy atom. The Morgan fingerprint density at radius 1 is 1.32 bits per heavy atom. The molecule has 0 spiro atoms. The van der Waals surface area contributed by atoms with Crippen LogP contribution in [0.4, 0.5) is 17.6 Å². The van der Waals surface area contributed by atoms with Gasteiger partial charge in [-0.3, -0.25) is 4.68 Å². The fraction of sp³-hybridized carbons (Fsp3) is 0.167.